The van der Waals surface area contributed by atoms with Crippen LogP contribution in [0.5, 0.6) is 0 Å². The van der Waals surface area contributed by atoms with Crippen molar-refractivity contribution in [3.05, 3.63) is 34.9 Å². The van der Waals surface area contributed by atoms with E-state index in [0.717, 1.165) is 5.56 Å². The molecule has 0 heterocycles. The molecule has 3 nitrogen and oxygen atoms in total. The Labute approximate surface area is 103 Å². The second-order valence-electron chi connectivity index (χ2n) is 4.34. The van der Waals surface area contributed by atoms with Crippen LogP contribution in [0.4, 0.5) is 0 Å². The summed E-state index contributed by atoms with van der Waals surface area (Å²) < 4.78 is 0. The molecule has 0 aliphatic carbocycles. The highest BCUT2D eigenvalue weighted by Gasteiger charge is 2.10. The van der Waals surface area contributed by atoms with Gasteiger partial charge in [-0.2, -0.15) is 5.26 Å². The Morgan fingerprint density at radius 3 is 2.76 bits per heavy atom. The number of hydrogen-bond acceptors (Lipinski definition) is 2. The first-order valence-electron chi connectivity index (χ1n) is 5.71. The smallest absolute Gasteiger partial charge is 0.223 e. The molecule has 1 amide bonds. The minimum absolute atomic E-state index is 0.0208. The van der Waals surface area contributed by atoms with Crippen LogP contribution in [0.2, 0.25) is 0 Å². The number of aryl methyl sites for hydroxylation is 2. The second kappa shape index (κ2) is 6.05. The standard InChI is InChI=1S/C14H18N2O/c1-11-6-7-12(2)13(9-11)10-16(3)14(17)5-4-8-15/h6-7,9H,4-5,10H2,1-3H3. The van der Waals surface area contributed by atoms with Gasteiger partial charge >= 0.3 is 0 Å². The Morgan fingerprint density at radius 1 is 1.41 bits per heavy atom. The Balaban J connectivity index is 2.67. The summed E-state index contributed by atoms with van der Waals surface area (Å²) in [6, 6.07) is 8.22. The summed E-state index contributed by atoms with van der Waals surface area (Å²) in [6.45, 7) is 4.70. The van der Waals surface area contributed by atoms with Crippen molar-refractivity contribution in [3.8, 4) is 6.07 Å². The Kier molecular flexibility index (Phi) is 4.71. The van der Waals surface area contributed by atoms with E-state index >= 15 is 0 Å². The molecule has 3 heteroatoms. The topological polar surface area (TPSA) is 44.1 Å². The van der Waals surface area contributed by atoms with Gasteiger partial charge in [-0.1, -0.05) is 23.8 Å². The number of carbonyl (C=O) groups excluding carboxylic acids is 1. The highest BCUT2D eigenvalue weighted by atomic mass is 16.2. The van der Waals surface area contributed by atoms with E-state index in [1.165, 1.54) is 11.1 Å². The number of hydrogen-bond donors (Lipinski definition) is 0. The van der Waals surface area contributed by atoms with E-state index in [1.807, 2.05) is 19.9 Å². The summed E-state index contributed by atoms with van der Waals surface area (Å²) in [7, 11) is 1.78. The molecule has 0 aliphatic heterocycles. The molecule has 0 N–H and O–H groups in total. The summed E-state index contributed by atoms with van der Waals surface area (Å²) in [4.78, 5) is 13.4. The van der Waals surface area contributed by atoms with Crippen molar-refractivity contribution in [2.45, 2.75) is 33.2 Å². The van der Waals surface area contributed by atoms with Gasteiger partial charge in [-0.25, -0.2) is 0 Å². The molecule has 1 aromatic rings. The van der Waals surface area contributed by atoms with Crippen molar-refractivity contribution in [1.29, 1.82) is 5.26 Å². The molecule has 0 saturated carbocycles. The zero-order valence-electron chi connectivity index (χ0n) is 10.7. The lowest BCUT2D eigenvalue weighted by Crippen LogP contribution is -2.26. The van der Waals surface area contributed by atoms with Crippen LogP contribution >= 0.6 is 0 Å². The van der Waals surface area contributed by atoms with Crippen LogP contribution in [0.3, 0.4) is 0 Å². The minimum Gasteiger partial charge on any atom is -0.341 e. The normalized spacial score (nSPS) is 9.76. The fourth-order valence-corrected chi connectivity index (χ4v) is 1.67. The molecule has 17 heavy (non-hydrogen) atoms. The van der Waals surface area contributed by atoms with Crippen LogP contribution in [0, 0.1) is 25.2 Å². The number of rotatable bonds is 4. The van der Waals surface area contributed by atoms with Gasteiger partial charge in [0.25, 0.3) is 0 Å². The van der Waals surface area contributed by atoms with Gasteiger partial charge in [-0.15, -0.1) is 0 Å². The molecule has 0 saturated heterocycles. The monoisotopic (exact) mass is 230 g/mol. The number of benzene rings is 1. The van der Waals surface area contributed by atoms with Crippen molar-refractivity contribution in [1.82, 2.24) is 4.90 Å². The van der Waals surface area contributed by atoms with Gasteiger partial charge in [0.2, 0.25) is 5.91 Å². The third kappa shape index (κ3) is 3.92. The van der Waals surface area contributed by atoms with E-state index in [2.05, 4.69) is 18.2 Å². The third-order valence-electron chi connectivity index (χ3n) is 2.79. The fourth-order valence-electron chi connectivity index (χ4n) is 1.67. The third-order valence-corrected chi connectivity index (χ3v) is 2.79. The number of nitrogens with zero attached hydrogens (tertiary/aromatic N) is 2. The molecule has 0 fully saturated rings. The highest BCUT2D eigenvalue weighted by molar-refractivity contribution is 5.76. The SMILES string of the molecule is Cc1ccc(C)c(CN(C)C(=O)CCC#N)c1. The van der Waals surface area contributed by atoms with Crippen LogP contribution in [-0.2, 0) is 11.3 Å². The Hall–Kier alpha value is -1.82. The molecule has 1 aromatic carbocycles. The molecular weight excluding hydrogens is 212 g/mol. The molecule has 0 bridgehead atoms. The number of carbonyl (C=O) groups is 1. The van der Waals surface area contributed by atoms with E-state index in [4.69, 9.17) is 5.26 Å². The van der Waals surface area contributed by atoms with E-state index in [0.29, 0.717) is 13.0 Å². The molecular formula is C14H18N2O. The maximum atomic E-state index is 11.7. The van der Waals surface area contributed by atoms with Gasteiger partial charge in [0.05, 0.1) is 6.07 Å². The van der Waals surface area contributed by atoms with Crippen molar-refractivity contribution in [2.75, 3.05) is 7.05 Å². The zero-order valence-corrected chi connectivity index (χ0v) is 10.7. The van der Waals surface area contributed by atoms with Crippen molar-refractivity contribution < 1.29 is 4.79 Å². The summed E-state index contributed by atoms with van der Waals surface area (Å²) in [6.07, 6.45) is 0.591. The van der Waals surface area contributed by atoms with Gasteiger partial charge in [-0.3, -0.25) is 4.79 Å². The second-order valence-corrected chi connectivity index (χ2v) is 4.34. The first-order chi connectivity index (χ1) is 8.04. The van der Waals surface area contributed by atoms with Gasteiger partial charge in [-0.05, 0) is 25.0 Å². The molecule has 1 rings (SSSR count). The first-order valence-corrected chi connectivity index (χ1v) is 5.71. The van der Waals surface area contributed by atoms with E-state index < -0.39 is 0 Å². The van der Waals surface area contributed by atoms with Gasteiger partial charge in [0, 0.05) is 26.4 Å². The van der Waals surface area contributed by atoms with Crippen LogP contribution in [0.25, 0.3) is 0 Å². The summed E-state index contributed by atoms with van der Waals surface area (Å²) >= 11 is 0. The lowest BCUT2D eigenvalue weighted by Gasteiger charge is -2.18. The maximum absolute atomic E-state index is 11.7. The van der Waals surface area contributed by atoms with E-state index in [-0.39, 0.29) is 12.3 Å². The predicted molar refractivity (Wildman–Crippen MR) is 67.2 cm³/mol. The average molecular weight is 230 g/mol. The summed E-state index contributed by atoms with van der Waals surface area (Å²) in [5.74, 6) is 0.0208. The lowest BCUT2D eigenvalue weighted by atomic mass is 10.1. The molecule has 0 spiro atoms. The molecule has 0 radical (unpaired) electrons. The highest BCUT2D eigenvalue weighted by Crippen LogP contribution is 2.13. The average Bonchev–Trinajstić information content (AvgIpc) is 2.30. The number of nitriles is 1. The van der Waals surface area contributed by atoms with Gasteiger partial charge in [0.15, 0.2) is 0 Å². The molecule has 0 unspecified atom stereocenters. The van der Waals surface area contributed by atoms with Crippen LogP contribution < -0.4 is 0 Å². The fraction of sp³-hybridized carbons (Fsp3) is 0.429. The van der Waals surface area contributed by atoms with Crippen LogP contribution in [-0.4, -0.2) is 17.9 Å². The first kappa shape index (κ1) is 13.2. The van der Waals surface area contributed by atoms with Gasteiger partial charge in [0.1, 0.15) is 0 Å². The lowest BCUT2D eigenvalue weighted by molar-refractivity contribution is -0.130. The van der Waals surface area contributed by atoms with E-state index in [1.54, 1.807) is 11.9 Å². The van der Waals surface area contributed by atoms with Crippen molar-refractivity contribution >= 4 is 5.91 Å². The molecule has 0 aromatic heterocycles. The summed E-state index contributed by atoms with van der Waals surface area (Å²) in [5, 5.41) is 8.45. The van der Waals surface area contributed by atoms with E-state index in [9.17, 15) is 4.79 Å². The van der Waals surface area contributed by atoms with Crippen molar-refractivity contribution in [2.24, 2.45) is 0 Å². The molecule has 90 valence electrons. The Morgan fingerprint density at radius 2 is 2.12 bits per heavy atom. The van der Waals surface area contributed by atoms with Gasteiger partial charge < -0.3 is 4.90 Å². The molecule has 0 aliphatic rings. The predicted octanol–water partition coefficient (Wildman–Crippen LogP) is 2.57. The quantitative estimate of drug-likeness (QED) is 0.798. The van der Waals surface area contributed by atoms with Crippen LogP contribution in [0.1, 0.15) is 29.5 Å². The summed E-state index contributed by atoms with van der Waals surface area (Å²) in [5.41, 5.74) is 3.55. The van der Waals surface area contributed by atoms with Crippen molar-refractivity contribution in [3.63, 3.8) is 0 Å². The molecule has 0 atom stereocenters. The minimum atomic E-state index is 0.0208. The maximum Gasteiger partial charge on any atom is 0.223 e. The van der Waals surface area contributed by atoms with Crippen LogP contribution in [0.15, 0.2) is 18.2 Å². The zero-order chi connectivity index (χ0) is 12.8. The largest absolute Gasteiger partial charge is 0.341 e. The Bertz CT molecular complexity index is 446. The number of amides is 1.